The lowest BCUT2D eigenvalue weighted by molar-refractivity contribution is -0.0492. The number of aliphatic hydroxyl groups is 1. The predicted octanol–water partition coefficient (Wildman–Crippen LogP) is 3.31. The molecule has 4 rings (SSSR count). The topological polar surface area (TPSA) is 41.9 Å². The van der Waals surface area contributed by atoms with Crippen molar-refractivity contribution in [2.75, 3.05) is 27.4 Å². The fraction of sp³-hybridized carbons (Fsp3) is 0.524. The first-order valence-corrected chi connectivity index (χ1v) is 9.19. The highest BCUT2D eigenvalue weighted by molar-refractivity contribution is 5.84. The van der Waals surface area contributed by atoms with Crippen LogP contribution in [-0.2, 0) is 10.3 Å². The Morgan fingerprint density at radius 2 is 1.72 bits per heavy atom. The van der Waals surface area contributed by atoms with Gasteiger partial charge in [0.2, 0.25) is 0 Å². The molecule has 0 aliphatic carbocycles. The number of rotatable bonds is 5. The molecular formula is C21H27NO3. The lowest BCUT2D eigenvalue weighted by atomic mass is 9.80. The van der Waals surface area contributed by atoms with Crippen LogP contribution in [0.5, 0.6) is 5.75 Å². The van der Waals surface area contributed by atoms with Crippen LogP contribution < -0.4 is 4.74 Å². The monoisotopic (exact) mass is 341 g/mol. The van der Waals surface area contributed by atoms with Crippen molar-refractivity contribution in [3.8, 4) is 5.75 Å². The molecule has 2 aromatic rings. The SMILES string of the molecule is COCCOc1ccc2cc([C@@]3(O)C[C@H]4CC[C@@H](C3)N4C)ccc2c1. The average Bonchev–Trinajstić information content (AvgIpc) is 2.83. The summed E-state index contributed by atoms with van der Waals surface area (Å²) < 4.78 is 10.7. The van der Waals surface area contributed by atoms with Crippen LogP contribution in [0.2, 0.25) is 0 Å². The minimum atomic E-state index is -0.694. The highest BCUT2D eigenvalue weighted by Gasteiger charge is 2.46. The van der Waals surface area contributed by atoms with Crippen molar-refractivity contribution < 1.29 is 14.6 Å². The quantitative estimate of drug-likeness (QED) is 0.847. The molecule has 25 heavy (non-hydrogen) atoms. The van der Waals surface area contributed by atoms with E-state index in [0.29, 0.717) is 25.3 Å². The summed E-state index contributed by atoms with van der Waals surface area (Å²) >= 11 is 0. The largest absolute Gasteiger partial charge is 0.491 e. The van der Waals surface area contributed by atoms with Crippen LogP contribution in [0.25, 0.3) is 10.8 Å². The van der Waals surface area contributed by atoms with E-state index in [4.69, 9.17) is 9.47 Å². The molecule has 0 aromatic heterocycles. The normalized spacial score (nSPS) is 29.2. The van der Waals surface area contributed by atoms with Gasteiger partial charge in [-0.2, -0.15) is 0 Å². The molecule has 2 aromatic carbocycles. The highest BCUT2D eigenvalue weighted by Crippen LogP contribution is 2.45. The molecule has 3 atom stereocenters. The summed E-state index contributed by atoms with van der Waals surface area (Å²) in [6, 6.07) is 13.5. The Labute approximate surface area is 149 Å². The van der Waals surface area contributed by atoms with Gasteiger partial charge in [-0.25, -0.2) is 0 Å². The van der Waals surface area contributed by atoms with E-state index in [1.807, 2.05) is 6.07 Å². The zero-order valence-corrected chi connectivity index (χ0v) is 15.1. The van der Waals surface area contributed by atoms with Gasteiger partial charge in [0.1, 0.15) is 12.4 Å². The second kappa shape index (κ2) is 6.60. The van der Waals surface area contributed by atoms with E-state index in [2.05, 4.69) is 42.3 Å². The van der Waals surface area contributed by atoms with Crippen molar-refractivity contribution in [3.63, 3.8) is 0 Å². The molecule has 2 aliphatic heterocycles. The molecular weight excluding hydrogens is 314 g/mol. The van der Waals surface area contributed by atoms with E-state index in [-0.39, 0.29) is 0 Å². The summed E-state index contributed by atoms with van der Waals surface area (Å²) in [5.74, 6) is 0.855. The number of methoxy groups -OCH3 is 1. The summed E-state index contributed by atoms with van der Waals surface area (Å²) in [6.07, 6.45) is 4.09. The summed E-state index contributed by atoms with van der Waals surface area (Å²) in [5.41, 5.74) is 0.359. The molecule has 2 bridgehead atoms. The maximum absolute atomic E-state index is 11.3. The third-order valence-corrected chi connectivity index (χ3v) is 6.04. The number of hydrogen-bond donors (Lipinski definition) is 1. The molecule has 2 heterocycles. The fourth-order valence-corrected chi connectivity index (χ4v) is 4.53. The minimum Gasteiger partial charge on any atom is -0.491 e. The number of benzene rings is 2. The Morgan fingerprint density at radius 3 is 2.44 bits per heavy atom. The predicted molar refractivity (Wildman–Crippen MR) is 99.0 cm³/mol. The van der Waals surface area contributed by atoms with Crippen LogP contribution in [0.3, 0.4) is 0 Å². The van der Waals surface area contributed by atoms with Crippen LogP contribution in [0.15, 0.2) is 36.4 Å². The molecule has 4 heteroatoms. The number of fused-ring (bicyclic) bond motifs is 3. The first-order chi connectivity index (χ1) is 12.1. The van der Waals surface area contributed by atoms with Crippen molar-refractivity contribution in [3.05, 3.63) is 42.0 Å². The third kappa shape index (κ3) is 3.14. The van der Waals surface area contributed by atoms with Gasteiger partial charge in [-0.3, -0.25) is 0 Å². The molecule has 134 valence electrons. The average molecular weight is 341 g/mol. The summed E-state index contributed by atoms with van der Waals surface area (Å²) in [4.78, 5) is 2.46. The Balaban J connectivity index is 1.58. The summed E-state index contributed by atoms with van der Waals surface area (Å²) in [5, 5.41) is 13.6. The van der Waals surface area contributed by atoms with E-state index in [1.165, 1.54) is 12.8 Å². The number of nitrogens with zero attached hydrogens (tertiary/aromatic N) is 1. The van der Waals surface area contributed by atoms with E-state index >= 15 is 0 Å². The number of ether oxygens (including phenoxy) is 2. The maximum atomic E-state index is 11.3. The smallest absolute Gasteiger partial charge is 0.120 e. The fourth-order valence-electron chi connectivity index (χ4n) is 4.53. The van der Waals surface area contributed by atoms with Gasteiger partial charge in [0.15, 0.2) is 0 Å². The van der Waals surface area contributed by atoms with Gasteiger partial charge >= 0.3 is 0 Å². The molecule has 1 N–H and O–H groups in total. The van der Waals surface area contributed by atoms with E-state index < -0.39 is 5.60 Å². The van der Waals surface area contributed by atoms with Crippen molar-refractivity contribution in [1.29, 1.82) is 0 Å². The van der Waals surface area contributed by atoms with E-state index in [9.17, 15) is 5.11 Å². The zero-order chi connectivity index (χ0) is 17.4. The highest BCUT2D eigenvalue weighted by atomic mass is 16.5. The minimum absolute atomic E-state index is 0.510. The van der Waals surface area contributed by atoms with Gasteiger partial charge in [0, 0.05) is 19.2 Å². The van der Waals surface area contributed by atoms with Crippen molar-refractivity contribution in [1.82, 2.24) is 4.90 Å². The first kappa shape index (κ1) is 16.8. The van der Waals surface area contributed by atoms with Gasteiger partial charge in [-0.15, -0.1) is 0 Å². The van der Waals surface area contributed by atoms with Crippen molar-refractivity contribution >= 4 is 10.8 Å². The van der Waals surface area contributed by atoms with E-state index in [0.717, 1.165) is 34.9 Å². The van der Waals surface area contributed by atoms with Crippen LogP contribution in [0.1, 0.15) is 31.2 Å². The number of hydrogen-bond acceptors (Lipinski definition) is 4. The standard InChI is InChI=1S/C21H27NO3/c1-22-18-6-7-19(22)14-21(23,13-18)17-5-3-16-12-20(25-10-9-24-2)8-4-15(16)11-17/h3-5,8,11-12,18-19,23H,6-7,9-10,13-14H2,1-2H3/t18-,19+,21-. The zero-order valence-electron chi connectivity index (χ0n) is 15.1. The van der Waals surface area contributed by atoms with Gasteiger partial charge < -0.3 is 19.5 Å². The van der Waals surface area contributed by atoms with Crippen LogP contribution in [0, 0.1) is 0 Å². The third-order valence-electron chi connectivity index (χ3n) is 6.04. The molecule has 0 unspecified atom stereocenters. The molecule has 2 saturated heterocycles. The Bertz CT molecular complexity index is 746. The van der Waals surface area contributed by atoms with Gasteiger partial charge in [-0.1, -0.05) is 18.2 Å². The van der Waals surface area contributed by atoms with Crippen LogP contribution >= 0.6 is 0 Å². The summed E-state index contributed by atoms with van der Waals surface area (Å²) in [6.45, 7) is 1.14. The molecule has 0 radical (unpaired) electrons. The van der Waals surface area contributed by atoms with E-state index in [1.54, 1.807) is 7.11 Å². The molecule has 2 fully saturated rings. The van der Waals surface area contributed by atoms with Crippen LogP contribution in [-0.4, -0.2) is 49.5 Å². The number of piperidine rings is 1. The molecule has 4 nitrogen and oxygen atoms in total. The maximum Gasteiger partial charge on any atom is 0.120 e. The Hall–Kier alpha value is -1.62. The second-order valence-corrected chi connectivity index (χ2v) is 7.56. The van der Waals surface area contributed by atoms with Gasteiger partial charge in [0.25, 0.3) is 0 Å². The molecule has 0 saturated carbocycles. The Morgan fingerprint density at radius 1 is 1.04 bits per heavy atom. The van der Waals surface area contributed by atoms with Crippen LogP contribution in [0.4, 0.5) is 0 Å². The first-order valence-electron chi connectivity index (χ1n) is 9.19. The van der Waals surface area contributed by atoms with Crippen molar-refractivity contribution in [2.24, 2.45) is 0 Å². The lowest BCUT2D eigenvalue weighted by Gasteiger charge is -2.42. The van der Waals surface area contributed by atoms with Gasteiger partial charge in [-0.05, 0) is 67.3 Å². The second-order valence-electron chi connectivity index (χ2n) is 7.56. The molecule has 2 aliphatic rings. The van der Waals surface area contributed by atoms with Crippen molar-refractivity contribution in [2.45, 2.75) is 43.4 Å². The Kier molecular flexibility index (Phi) is 4.44. The lowest BCUT2D eigenvalue weighted by Crippen LogP contribution is -2.47. The summed E-state index contributed by atoms with van der Waals surface area (Å²) in [7, 11) is 3.87. The molecule has 0 spiro atoms. The molecule has 0 amide bonds. The van der Waals surface area contributed by atoms with Gasteiger partial charge in [0.05, 0.1) is 12.2 Å².